The van der Waals surface area contributed by atoms with Gasteiger partial charge in [-0.1, -0.05) is 41.5 Å². The van der Waals surface area contributed by atoms with Crippen LogP contribution in [0.4, 0.5) is 0 Å². The fourth-order valence-corrected chi connectivity index (χ4v) is 3.29. The second kappa shape index (κ2) is 9.77. The lowest BCUT2D eigenvalue weighted by Crippen LogP contribution is -2.31. The molecule has 2 atom stereocenters. The maximum Gasteiger partial charge on any atom is 0.0462 e. The van der Waals surface area contributed by atoms with Gasteiger partial charge in [0.15, 0.2) is 0 Å². The molecule has 0 aliphatic carbocycles. The van der Waals surface area contributed by atoms with Crippen molar-refractivity contribution in [1.29, 1.82) is 0 Å². The van der Waals surface area contributed by atoms with Crippen molar-refractivity contribution in [2.24, 2.45) is 35.5 Å². The van der Waals surface area contributed by atoms with Crippen LogP contribution < -0.4 is 0 Å². The molecule has 19 heavy (non-hydrogen) atoms. The number of hydrogen-bond acceptors (Lipinski definition) is 2. The molecular formula is C17H36O2. The second-order valence-electron chi connectivity index (χ2n) is 7.44. The number of aliphatic hydroxyl groups is 2. The Hall–Kier alpha value is -0.0800. The smallest absolute Gasteiger partial charge is 0.0462 e. The molecule has 0 radical (unpaired) electrons. The van der Waals surface area contributed by atoms with Crippen LogP contribution in [0.1, 0.15) is 60.8 Å². The molecule has 116 valence electrons. The highest BCUT2D eigenvalue weighted by Crippen LogP contribution is 2.35. The monoisotopic (exact) mass is 272 g/mol. The van der Waals surface area contributed by atoms with Crippen LogP contribution in [0.5, 0.6) is 0 Å². The van der Waals surface area contributed by atoms with E-state index in [-0.39, 0.29) is 13.2 Å². The molecule has 2 unspecified atom stereocenters. The Labute approximate surface area is 120 Å². The van der Waals surface area contributed by atoms with Gasteiger partial charge in [-0.05, 0) is 54.8 Å². The summed E-state index contributed by atoms with van der Waals surface area (Å²) in [6.45, 7) is 13.8. The van der Waals surface area contributed by atoms with Crippen molar-refractivity contribution >= 4 is 0 Å². The van der Waals surface area contributed by atoms with Gasteiger partial charge in [-0.25, -0.2) is 0 Å². The summed E-state index contributed by atoms with van der Waals surface area (Å²) in [5, 5.41) is 19.5. The predicted molar refractivity (Wildman–Crippen MR) is 83.0 cm³/mol. The molecule has 0 bridgehead atoms. The highest BCUT2D eigenvalue weighted by molar-refractivity contribution is 4.79. The van der Waals surface area contributed by atoms with Crippen LogP contribution in [-0.4, -0.2) is 23.4 Å². The number of aliphatic hydroxyl groups excluding tert-OH is 2. The molecule has 0 amide bonds. The summed E-state index contributed by atoms with van der Waals surface area (Å²) in [6, 6.07) is 0. The third kappa shape index (κ3) is 7.94. The molecule has 0 saturated heterocycles. The van der Waals surface area contributed by atoms with E-state index in [0.717, 1.165) is 19.3 Å². The topological polar surface area (TPSA) is 40.5 Å². The van der Waals surface area contributed by atoms with Gasteiger partial charge in [0.25, 0.3) is 0 Å². The highest BCUT2D eigenvalue weighted by atomic mass is 16.3. The van der Waals surface area contributed by atoms with Crippen LogP contribution in [0, 0.1) is 35.5 Å². The van der Waals surface area contributed by atoms with Crippen molar-refractivity contribution in [3.8, 4) is 0 Å². The van der Waals surface area contributed by atoms with Gasteiger partial charge in [0, 0.05) is 13.2 Å². The third-order valence-corrected chi connectivity index (χ3v) is 3.97. The second-order valence-corrected chi connectivity index (χ2v) is 7.44. The van der Waals surface area contributed by atoms with Gasteiger partial charge in [0.1, 0.15) is 0 Å². The SMILES string of the molecule is CC(C)CC(CO)C(CC(C)C)C(CO)CC(C)C. The minimum atomic E-state index is 0.254. The molecule has 0 spiro atoms. The number of hydrogen-bond donors (Lipinski definition) is 2. The van der Waals surface area contributed by atoms with Crippen molar-refractivity contribution in [3.05, 3.63) is 0 Å². The molecule has 0 rings (SSSR count). The van der Waals surface area contributed by atoms with E-state index in [2.05, 4.69) is 41.5 Å². The lowest BCUT2D eigenvalue weighted by Gasteiger charge is -2.35. The first-order chi connectivity index (χ1) is 8.81. The lowest BCUT2D eigenvalue weighted by molar-refractivity contribution is 0.0596. The van der Waals surface area contributed by atoms with E-state index in [1.807, 2.05) is 0 Å². The molecule has 2 N–H and O–H groups in total. The van der Waals surface area contributed by atoms with E-state index in [1.54, 1.807) is 0 Å². The van der Waals surface area contributed by atoms with Crippen LogP contribution >= 0.6 is 0 Å². The quantitative estimate of drug-likeness (QED) is 0.632. The maximum absolute atomic E-state index is 9.76. The largest absolute Gasteiger partial charge is 0.396 e. The van der Waals surface area contributed by atoms with Gasteiger partial charge < -0.3 is 10.2 Å². The Bertz CT molecular complexity index is 193. The Morgan fingerprint density at radius 2 is 0.895 bits per heavy atom. The highest BCUT2D eigenvalue weighted by Gasteiger charge is 2.30. The lowest BCUT2D eigenvalue weighted by atomic mass is 9.72. The Balaban J connectivity index is 4.90. The van der Waals surface area contributed by atoms with Crippen molar-refractivity contribution in [1.82, 2.24) is 0 Å². The van der Waals surface area contributed by atoms with E-state index in [0.29, 0.717) is 35.5 Å². The van der Waals surface area contributed by atoms with Crippen molar-refractivity contribution in [3.63, 3.8) is 0 Å². The van der Waals surface area contributed by atoms with Gasteiger partial charge >= 0.3 is 0 Å². The van der Waals surface area contributed by atoms with Gasteiger partial charge in [0.2, 0.25) is 0 Å². The molecule has 2 nitrogen and oxygen atoms in total. The standard InChI is InChI=1S/C17H36O2/c1-12(2)7-15(10-18)17(9-14(5)6)16(11-19)8-13(3)4/h12-19H,7-11H2,1-6H3. The normalized spacial score (nSPS) is 17.2. The van der Waals surface area contributed by atoms with Crippen LogP contribution in [0.15, 0.2) is 0 Å². The molecule has 0 fully saturated rings. The van der Waals surface area contributed by atoms with Crippen LogP contribution in [0.2, 0.25) is 0 Å². The minimum absolute atomic E-state index is 0.254. The molecule has 0 aromatic rings. The minimum Gasteiger partial charge on any atom is -0.396 e. The summed E-state index contributed by atoms with van der Waals surface area (Å²) in [7, 11) is 0. The fourth-order valence-electron chi connectivity index (χ4n) is 3.29. The molecule has 0 heterocycles. The molecule has 0 aliphatic heterocycles. The summed E-state index contributed by atoms with van der Waals surface area (Å²) in [4.78, 5) is 0. The van der Waals surface area contributed by atoms with E-state index < -0.39 is 0 Å². The maximum atomic E-state index is 9.76. The van der Waals surface area contributed by atoms with E-state index in [1.165, 1.54) is 0 Å². The summed E-state index contributed by atoms with van der Waals surface area (Å²) >= 11 is 0. The Kier molecular flexibility index (Phi) is 9.72. The van der Waals surface area contributed by atoms with Crippen LogP contribution in [0.25, 0.3) is 0 Å². The van der Waals surface area contributed by atoms with Crippen molar-refractivity contribution in [2.75, 3.05) is 13.2 Å². The molecular weight excluding hydrogens is 236 g/mol. The van der Waals surface area contributed by atoms with Crippen LogP contribution in [0.3, 0.4) is 0 Å². The Morgan fingerprint density at radius 3 is 1.11 bits per heavy atom. The summed E-state index contributed by atoms with van der Waals surface area (Å²) in [5.74, 6) is 2.93. The van der Waals surface area contributed by atoms with E-state index in [4.69, 9.17) is 0 Å². The number of rotatable bonds is 10. The molecule has 0 aromatic heterocycles. The average Bonchev–Trinajstić information content (AvgIpc) is 2.29. The van der Waals surface area contributed by atoms with Gasteiger partial charge in [0.05, 0.1) is 0 Å². The van der Waals surface area contributed by atoms with E-state index >= 15 is 0 Å². The average molecular weight is 272 g/mol. The van der Waals surface area contributed by atoms with Crippen molar-refractivity contribution in [2.45, 2.75) is 60.8 Å². The Morgan fingerprint density at radius 1 is 0.579 bits per heavy atom. The molecule has 0 aliphatic rings. The van der Waals surface area contributed by atoms with Gasteiger partial charge in [-0.15, -0.1) is 0 Å². The van der Waals surface area contributed by atoms with Crippen LogP contribution in [-0.2, 0) is 0 Å². The van der Waals surface area contributed by atoms with Gasteiger partial charge in [-0.2, -0.15) is 0 Å². The summed E-state index contributed by atoms with van der Waals surface area (Å²) in [5.41, 5.74) is 0. The van der Waals surface area contributed by atoms with Crippen molar-refractivity contribution < 1.29 is 10.2 Å². The molecule has 0 saturated carbocycles. The zero-order chi connectivity index (χ0) is 15.0. The molecule has 2 heteroatoms. The fraction of sp³-hybridized carbons (Fsp3) is 1.00. The van der Waals surface area contributed by atoms with E-state index in [9.17, 15) is 10.2 Å². The summed E-state index contributed by atoms with van der Waals surface area (Å²) in [6.07, 6.45) is 3.22. The first-order valence-electron chi connectivity index (χ1n) is 8.03. The predicted octanol–water partition coefficient (Wildman–Crippen LogP) is 3.96. The first kappa shape index (κ1) is 18.9. The third-order valence-electron chi connectivity index (χ3n) is 3.97. The van der Waals surface area contributed by atoms with Gasteiger partial charge in [-0.3, -0.25) is 0 Å². The zero-order valence-corrected chi connectivity index (χ0v) is 13.9. The molecule has 0 aromatic carbocycles. The zero-order valence-electron chi connectivity index (χ0n) is 13.9. The first-order valence-corrected chi connectivity index (χ1v) is 8.03. The summed E-state index contributed by atoms with van der Waals surface area (Å²) < 4.78 is 0.